The predicted octanol–water partition coefficient (Wildman–Crippen LogP) is 2.16. The van der Waals surface area contributed by atoms with Gasteiger partial charge in [-0.3, -0.25) is 0 Å². The SMILES string of the molecule is NCCc1nnn(C2CCCC2)c1C1CCC1. The van der Waals surface area contributed by atoms with Gasteiger partial charge in [-0.15, -0.1) is 5.10 Å². The summed E-state index contributed by atoms with van der Waals surface area (Å²) in [6, 6.07) is 0.615. The van der Waals surface area contributed by atoms with Crippen LogP contribution in [0.5, 0.6) is 0 Å². The van der Waals surface area contributed by atoms with Crippen molar-refractivity contribution >= 4 is 0 Å². The van der Waals surface area contributed by atoms with Crippen LogP contribution in [-0.2, 0) is 6.42 Å². The Morgan fingerprint density at radius 3 is 2.47 bits per heavy atom. The quantitative estimate of drug-likeness (QED) is 0.868. The van der Waals surface area contributed by atoms with Crippen molar-refractivity contribution in [2.45, 2.75) is 63.3 Å². The second-order valence-corrected chi connectivity index (χ2v) is 5.47. The number of hydrogen-bond acceptors (Lipinski definition) is 3. The summed E-state index contributed by atoms with van der Waals surface area (Å²) in [6.45, 7) is 0.684. The standard InChI is InChI=1S/C13H22N4/c14-9-8-12-13(10-4-3-5-10)17(16-15-12)11-6-1-2-7-11/h10-11H,1-9,14H2. The molecule has 4 nitrogen and oxygen atoms in total. The van der Waals surface area contributed by atoms with Gasteiger partial charge in [-0.25, -0.2) is 4.68 Å². The molecule has 0 aromatic carbocycles. The molecule has 0 saturated heterocycles. The first-order valence-corrected chi connectivity index (χ1v) is 7.04. The van der Waals surface area contributed by atoms with Crippen molar-refractivity contribution in [1.29, 1.82) is 0 Å². The minimum Gasteiger partial charge on any atom is -0.330 e. The van der Waals surface area contributed by atoms with Crippen LogP contribution < -0.4 is 5.73 Å². The second kappa shape index (κ2) is 4.77. The van der Waals surface area contributed by atoms with Gasteiger partial charge >= 0.3 is 0 Å². The average Bonchev–Trinajstić information content (AvgIpc) is 2.86. The van der Waals surface area contributed by atoms with Gasteiger partial charge in [-0.1, -0.05) is 24.5 Å². The highest BCUT2D eigenvalue weighted by Gasteiger charge is 2.30. The molecule has 0 spiro atoms. The van der Waals surface area contributed by atoms with Crippen molar-refractivity contribution in [2.75, 3.05) is 6.54 Å². The van der Waals surface area contributed by atoms with Crippen LogP contribution >= 0.6 is 0 Å². The minimum atomic E-state index is 0.615. The van der Waals surface area contributed by atoms with E-state index in [1.54, 1.807) is 0 Å². The molecule has 4 heteroatoms. The Labute approximate surface area is 103 Å². The molecule has 0 bridgehead atoms. The van der Waals surface area contributed by atoms with Crippen molar-refractivity contribution in [3.63, 3.8) is 0 Å². The van der Waals surface area contributed by atoms with E-state index in [-0.39, 0.29) is 0 Å². The molecular weight excluding hydrogens is 212 g/mol. The summed E-state index contributed by atoms with van der Waals surface area (Å²) >= 11 is 0. The number of nitrogens with zero attached hydrogens (tertiary/aromatic N) is 3. The van der Waals surface area contributed by atoms with Gasteiger partial charge in [0.1, 0.15) is 0 Å². The molecule has 2 saturated carbocycles. The molecule has 0 radical (unpaired) electrons. The Bertz CT molecular complexity index is 375. The molecule has 17 heavy (non-hydrogen) atoms. The van der Waals surface area contributed by atoms with Gasteiger partial charge < -0.3 is 5.73 Å². The van der Waals surface area contributed by atoms with E-state index in [4.69, 9.17) is 5.73 Å². The molecule has 0 amide bonds. The molecule has 1 heterocycles. The molecule has 1 aromatic rings. The van der Waals surface area contributed by atoms with E-state index in [0.29, 0.717) is 18.5 Å². The largest absolute Gasteiger partial charge is 0.330 e. The third kappa shape index (κ3) is 1.99. The molecule has 2 fully saturated rings. The lowest BCUT2D eigenvalue weighted by atomic mass is 9.81. The highest BCUT2D eigenvalue weighted by atomic mass is 15.4. The topological polar surface area (TPSA) is 56.7 Å². The fourth-order valence-electron chi connectivity index (χ4n) is 3.17. The number of nitrogens with two attached hydrogens (primary N) is 1. The van der Waals surface area contributed by atoms with Crippen molar-refractivity contribution < 1.29 is 0 Å². The minimum absolute atomic E-state index is 0.615. The van der Waals surface area contributed by atoms with Crippen molar-refractivity contribution in [3.8, 4) is 0 Å². The van der Waals surface area contributed by atoms with Crippen LogP contribution in [-0.4, -0.2) is 21.5 Å². The van der Waals surface area contributed by atoms with Gasteiger partial charge in [0.15, 0.2) is 0 Å². The van der Waals surface area contributed by atoms with Crippen molar-refractivity contribution in [2.24, 2.45) is 5.73 Å². The van der Waals surface area contributed by atoms with Crippen LogP contribution in [0.25, 0.3) is 0 Å². The molecule has 2 aliphatic rings. The molecule has 0 atom stereocenters. The number of aromatic nitrogens is 3. The van der Waals surface area contributed by atoms with Crippen LogP contribution in [0.2, 0.25) is 0 Å². The molecule has 94 valence electrons. The summed E-state index contributed by atoms with van der Waals surface area (Å²) in [7, 11) is 0. The van der Waals surface area contributed by atoms with Crippen molar-refractivity contribution in [1.82, 2.24) is 15.0 Å². The van der Waals surface area contributed by atoms with E-state index >= 15 is 0 Å². The molecule has 0 aliphatic heterocycles. The average molecular weight is 234 g/mol. The van der Waals surface area contributed by atoms with Crippen LogP contribution in [0.4, 0.5) is 0 Å². The predicted molar refractivity (Wildman–Crippen MR) is 66.9 cm³/mol. The van der Waals surface area contributed by atoms with E-state index in [1.165, 1.54) is 56.3 Å². The number of rotatable bonds is 4. The summed E-state index contributed by atoms with van der Waals surface area (Å²) in [6.07, 6.45) is 10.1. The van der Waals surface area contributed by atoms with E-state index in [9.17, 15) is 0 Å². The molecule has 0 unspecified atom stereocenters. The van der Waals surface area contributed by atoms with E-state index in [2.05, 4.69) is 15.0 Å². The normalized spacial score (nSPS) is 21.9. The van der Waals surface area contributed by atoms with Crippen LogP contribution in [0.1, 0.15) is 68.3 Å². The lowest BCUT2D eigenvalue weighted by molar-refractivity contribution is 0.358. The highest BCUT2D eigenvalue weighted by molar-refractivity contribution is 5.19. The summed E-state index contributed by atoms with van der Waals surface area (Å²) in [5.41, 5.74) is 8.27. The summed E-state index contributed by atoms with van der Waals surface area (Å²) < 4.78 is 2.25. The third-order valence-electron chi connectivity index (χ3n) is 4.35. The molecular formula is C13H22N4. The smallest absolute Gasteiger partial charge is 0.0874 e. The Morgan fingerprint density at radius 2 is 1.88 bits per heavy atom. The Hall–Kier alpha value is -0.900. The maximum absolute atomic E-state index is 5.67. The van der Waals surface area contributed by atoms with E-state index < -0.39 is 0 Å². The zero-order chi connectivity index (χ0) is 11.7. The lowest BCUT2D eigenvalue weighted by Crippen LogP contribution is -2.20. The second-order valence-electron chi connectivity index (χ2n) is 5.47. The monoisotopic (exact) mass is 234 g/mol. The molecule has 3 rings (SSSR count). The maximum atomic E-state index is 5.67. The maximum Gasteiger partial charge on any atom is 0.0874 e. The molecule has 1 aromatic heterocycles. The van der Waals surface area contributed by atoms with Crippen LogP contribution in [0.15, 0.2) is 0 Å². The summed E-state index contributed by atoms with van der Waals surface area (Å²) in [5, 5.41) is 8.82. The Balaban J connectivity index is 1.90. The summed E-state index contributed by atoms with van der Waals surface area (Å²) in [5.74, 6) is 0.715. The van der Waals surface area contributed by atoms with Gasteiger partial charge in [-0.05, 0) is 32.2 Å². The van der Waals surface area contributed by atoms with Gasteiger partial charge in [0.05, 0.1) is 17.4 Å². The lowest BCUT2D eigenvalue weighted by Gasteiger charge is -2.28. The van der Waals surface area contributed by atoms with Crippen molar-refractivity contribution in [3.05, 3.63) is 11.4 Å². The number of hydrogen-bond donors (Lipinski definition) is 1. The van der Waals surface area contributed by atoms with E-state index in [1.807, 2.05) is 0 Å². The van der Waals surface area contributed by atoms with Gasteiger partial charge in [0.25, 0.3) is 0 Å². The van der Waals surface area contributed by atoms with Crippen LogP contribution in [0, 0.1) is 0 Å². The highest BCUT2D eigenvalue weighted by Crippen LogP contribution is 2.40. The van der Waals surface area contributed by atoms with Gasteiger partial charge in [0.2, 0.25) is 0 Å². The fraction of sp³-hybridized carbons (Fsp3) is 0.846. The Kier molecular flexibility index (Phi) is 3.14. The first-order valence-electron chi connectivity index (χ1n) is 7.04. The first kappa shape index (κ1) is 11.2. The molecule has 2 N–H and O–H groups in total. The molecule has 2 aliphatic carbocycles. The zero-order valence-electron chi connectivity index (χ0n) is 10.4. The zero-order valence-corrected chi connectivity index (χ0v) is 10.4. The van der Waals surface area contributed by atoms with Gasteiger partial charge in [-0.2, -0.15) is 0 Å². The summed E-state index contributed by atoms with van der Waals surface area (Å²) in [4.78, 5) is 0. The van der Waals surface area contributed by atoms with Crippen LogP contribution in [0.3, 0.4) is 0 Å². The Morgan fingerprint density at radius 1 is 1.12 bits per heavy atom. The van der Waals surface area contributed by atoms with E-state index in [0.717, 1.165) is 6.42 Å². The van der Waals surface area contributed by atoms with Gasteiger partial charge in [0, 0.05) is 12.3 Å². The fourth-order valence-corrected chi connectivity index (χ4v) is 3.17. The first-order chi connectivity index (χ1) is 8.40. The third-order valence-corrected chi connectivity index (χ3v) is 4.35.